The van der Waals surface area contributed by atoms with Gasteiger partial charge in [0.1, 0.15) is 5.82 Å². The van der Waals surface area contributed by atoms with Crippen LogP contribution in [0.15, 0.2) is 23.7 Å². The summed E-state index contributed by atoms with van der Waals surface area (Å²) in [6.45, 7) is 1.04. The number of hydrogen-bond acceptors (Lipinski definition) is 3. The number of thiophene rings is 1. The zero-order chi connectivity index (χ0) is 10.5. The minimum Gasteiger partial charge on any atom is -0.341 e. The summed E-state index contributed by atoms with van der Waals surface area (Å²) in [5.41, 5.74) is 1.13. The highest BCUT2D eigenvalue weighted by Crippen LogP contribution is 2.22. The Balaban J connectivity index is 1.98. The molecule has 0 aromatic carbocycles. The van der Waals surface area contributed by atoms with Gasteiger partial charge in [-0.25, -0.2) is 4.98 Å². The van der Waals surface area contributed by atoms with Crippen molar-refractivity contribution in [3.63, 3.8) is 0 Å². The number of H-pyrrole nitrogens is 1. The number of hydrogen-bond donors (Lipinski definition) is 2. The molecule has 0 amide bonds. The van der Waals surface area contributed by atoms with E-state index < -0.39 is 0 Å². The molecule has 0 radical (unpaired) electrons. The average molecular weight is 221 g/mol. The van der Waals surface area contributed by atoms with Crippen LogP contribution in [0.3, 0.4) is 0 Å². The molecule has 2 aromatic heterocycles. The van der Waals surface area contributed by atoms with E-state index >= 15 is 0 Å². The van der Waals surface area contributed by atoms with Gasteiger partial charge in [-0.1, -0.05) is 6.07 Å². The van der Waals surface area contributed by atoms with E-state index in [0.29, 0.717) is 0 Å². The van der Waals surface area contributed by atoms with E-state index in [9.17, 15) is 0 Å². The molecule has 0 fully saturated rings. The van der Waals surface area contributed by atoms with E-state index in [1.807, 2.05) is 13.2 Å². The number of rotatable bonds is 5. The van der Waals surface area contributed by atoms with Crippen molar-refractivity contribution in [3.05, 3.63) is 29.5 Å². The van der Waals surface area contributed by atoms with Crippen LogP contribution in [0.1, 0.15) is 12.2 Å². The lowest BCUT2D eigenvalue weighted by atomic mass is 10.3. The molecule has 4 heteroatoms. The average Bonchev–Trinajstić information content (AvgIpc) is 2.87. The molecule has 2 rings (SSSR count). The quantitative estimate of drug-likeness (QED) is 0.761. The Kier molecular flexibility index (Phi) is 3.53. The molecule has 0 spiro atoms. The molecular formula is C11H15N3S. The molecule has 2 N–H and O–H groups in total. The summed E-state index contributed by atoms with van der Waals surface area (Å²) < 4.78 is 0. The summed E-state index contributed by atoms with van der Waals surface area (Å²) in [6, 6.07) is 4.16. The Morgan fingerprint density at radius 3 is 3.20 bits per heavy atom. The van der Waals surface area contributed by atoms with Crippen molar-refractivity contribution >= 4 is 11.3 Å². The van der Waals surface area contributed by atoms with E-state index in [1.54, 1.807) is 11.3 Å². The fourth-order valence-electron chi connectivity index (χ4n) is 1.48. The first-order valence-electron chi connectivity index (χ1n) is 5.12. The van der Waals surface area contributed by atoms with E-state index in [0.717, 1.165) is 30.9 Å². The Morgan fingerprint density at radius 1 is 1.53 bits per heavy atom. The van der Waals surface area contributed by atoms with Gasteiger partial charge >= 0.3 is 0 Å². The first-order valence-corrected chi connectivity index (χ1v) is 6.00. The van der Waals surface area contributed by atoms with Gasteiger partial charge < -0.3 is 10.3 Å². The van der Waals surface area contributed by atoms with Crippen molar-refractivity contribution in [3.8, 4) is 10.6 Å². The number of nitrogens with one attached hydrogen (secondary N) is 2. The lowest BCUT2D eigenvalue weighted by molar-refractivity contribution is 0.708. The summed E-state index contributed by atoms with van der Waals surface area (Å²) in [5.74, 6) is 1.08. The van der Waals surface area contributed by atoms with Crippen molar-refractivity contribution in [1.29, 1.82) is 0 Å². The van der Waals surface area contributed by atoms with Crippen LogP contribution < -0.4 is 5.32 Å². The largest absolute Gasteiger partial charge is 0.341 e. The van der Waals surface area contributed by atoms with Gasteiger partial charge in [0.25, 0.3) is 0 Å². The molecule has 0 aliphatic carbocycles. The normalized spacial score (nSPS) is 10.7. The molecule has 15 heavy (non-hydrogen) atoms. The zero-order valence-corrected chi connectivity index (χ0v) is 9.60. The van der Waals surface area contributed by atoms with Crippen molar-refractivity contribution in [1.82, 2.24) is 15.3 Å². The van der Waals surface area contributed by atoms with Gasteiger partial charge in [0.2, 0.25) is 0 Å². The van der Waals surface area contributed by atoms with Gasteiger partial charge in [0.15, 0.2) is 0 Å². The van der Waals surface area contributed by atoms with Crippen molar-refractivity contribution in [2.24, 2.45) is 0 Å². The van der Waals surface area contributed by atoms with Crippen LogP contribution in [-0.4, -0.2) is 23.6 Å². The van der Waals surface area contributed by atoms with E-state index in [1.165, 1.54) is 4.88 Å². The lowest BCUT2D eigenvalue weighted by Crippen LogP contribution is -2.08. The second-order valence-corrected chi connectivity index (χ2v) is 4.38. The van der Waals surface area contributed by atoms with E-state index in [2.05, 4.69) is 32.8 Å². The number of aryl methyl sites for hydroxylation is 1. The molecule has 80 valence electrons. The Bertz CT molecular complexity index is 392. The minimum atomic E-state index is 1.01. The molecule has 0 bridgehead atoms. The first kappa shape index (κ1) is 10.4. The van der Waals surface area contributed by atoms with Crippen LogP contribution in [0.25, 0.3) is 10.6 Å². The molecule has 0 saturated carbocycles. The Hall–Kier alpha value is -1.13. The fourth-order valence-corrected chi connectivity index (χ4v) is 2.17. The highest BCUT2D eigenvalue weighted by molar-refractivity contribution is 7.13. The van der Waals surface area contributed by atoms with Crippen LogP contribution in [0.5, 0.6) is 0 Å². The van der Waals surface area contributed by atoms with Crippen LogP contribution in [0.4, 0.5) is 0 Å². The molecule has 0 aliphatic heterocycles. The highest BCUT2D eigenvalue weighted by atomic mass is 32.1. The van der Waals surface area contributed by atoms with Crippen LogP contribution >= 0.6 is 11.3 Å². The van der Waals surface area contributed by atoms with E-state index in [4.69, 9.17) is 0 Å². The monoisotopic (exact) mass is 221 g/mol. The second-order valence-electron chi connectivity index (χ2n) is 3.43. The Morgan fingerprint density at radius 2 is 2.47 bits per heavy atom. The number of aromatic amines is 1. The number of imidazole rings is 1. The molecule has 0 aliphatic rings. The van der Waals surface area contributed by atoms with Gasteiger partial charge in [-0.15, -0.1) is 11.3 Å². The van der Waals surface area contributed by atoms with Crippen LogP contribution in [-0.2, 0) is 6.42 Å². The van der Waals surface area contributed by atoms with Gasteiger partial charge in [-0.3, -0.25) is 0 Å². The summed E-state index contributed by atoms with van der Waals surface area (Å²) >= 11 is 1.73. The summed E-state index contributed by atoms with van der Waals surface area (Å²) in [7, 11) is 1.97. The van der Waals surface area contributed by atoms with E-state index in [-0.39, 0.29) is 0 Å². The molecule has 0 atom stereocenters. The third-order valence-corrected chi connectivity index (χ3v) is 3.16. The van der Waals surface area contributed by atoms with Gasteiger partial charge in [-0.2, -0.15) is 0 Å². The maximum absolute atomic E-state index is 4.37. The second kappa shape index (κ2) is 5.09. The molecular weight excluding hydrogens is 206 g/mol. The van der Waals surface area contributed by atoms with Gasteiger partial charge in [-0.05, 0) is 31.5 Å². The standard InChI is InChI=1S/C11H15N3S/c1-12-6-2-5-11-13-8-9(14-11)10-4-3-7-15-10/h3-4,7-8,12H,2,5-6H2,1H3,(H,13,14). The topological polar surface area (TPSA) is 40.7 Å². The SMILES string of the molecule is CNCCCc1ncc(-c2cccs2)[nH]1. The summed E-state index contributed by atoms with van der Waals surface area (Å²) in [4.78, 5) is 8.97. The summed E-state index contributed by atoms with van der Waals surface area (Å²) in [5, 5.41) is 5.21. The Labute approximate surface area is 93.6 Å². The number of nitrogens with zero attached hydrogens (tertiary/aromatic N) is 1. The number of aromatic nitrogens is 2. The third kappa shape index (κ3) is 2.67. The predicted octanol–water partition coefficient (Wildman–Crippen LogP) is 2.29. The lowest BCUT2D eigenvalue weighted by Gasteiger charge is -1.96. The van der Waals surface area contributed by atoms with Crippen molar-refractivity contribution < 1.29 is 0 Å². The van der Waals surface area contributed by atoms with Gasteiger partial charge in [0.05, 0.1) is 16.8 Å². The minimum absolute atomic E-state index is 1.01. The predicted molar refractivity (Wildman–Crippen MR) is 64.1 cm³/mol. The molecule has 2 aromatic rings. The molecule has 2 heterocycles. The van der Waals surface area contributed by atoms with Crippen molar-refractivity contribution in [2.75, 3.05) is 13.6 Å². The van der Waals surface area contributed by atoms with Crippen LogP contribution in [0.2, 0.25) is 0 Å². The fraction of sp³-hybridized carbons (Fsp3) is 0.364. The maximum Gasteiger partial charge on any atom is 0.106 e. The smallest absolute Gasteiger partial charge is 0.106 e. The zero-order valence-electron chi connectivity index (χ0n) is 8.79. The molecule has 3 nitrogen and oxygen atoms in total. The maximum atomic E-state index is 4.37. The third-order valence-electron chi connectivity index (χ3n) is 2.26. The summed E-state index contributed by atoms with van der Waals surface area (Å²) in [6.07, 6.45) is 4.04. The highest BCUT2D eigenvalue weighted by Gasteiger charge is 2.03. The molecule has 0 unspecified atom stereocenters. The van der Waals surface area contributed by atoms with Gasteiger partial charge in [0, 0.05) is 6.42 Å². The van der Waals surface area contributed by atoms with Crippen LogP contribution in [0, 0.1) is 0 Å². The van der Waals surface area contributed by atoms with Crippen molar-refractivity contribution in [2.45, 2.75) is 12.8 Å². The first-order chi connectivity index (χ1) is 7.40. The molecule has 0 saturated heterocycles.